The van der Waals surface area contributed by atoms with E-state index in [9.17, 15) is 9.18 Å². The molecule has 0 aliphatic carbocycles. The van der Waals surface area contributed by atoms with Gasteiger partial charge in [0.1, 0.15) is 17.3 Å². The van der Waals surface area contributed by atoms with Gasteiger partial charge in [-0.05, 0) is 48.4 Å². The van der Waals surface area contributed by atoms with Gasteiger partial charge >= 0.3 is 0 Å². The molecule has 0 radical (unpaired) electrons. The summed E-state index contributed by atoms with van der Waals surface area (Å²) in [5.74, 6) is 0.581. The molecule has 0 fully saturated rings. The molecule has 0 spiro atoms. The molecular weight excluding hydrogens is 311 g/mol. The summed E-state index contributed by atoms with van der Waals surface area (Å²) >= 11 is 0. The first kappa shape index (κ1) is 17.5. The predicted molar refractivity (Wildman–Crippen MR) is 89.9 cm³/mol. The summed E-state index contributed by atoms with van der Waals surface area (Å²) in [5, 5.41) is 4.08. The number of halogens is 1. The minimum Gasteiger partial charge on any atom is -0.497 e. The second-order valence-corrected chi connectivity index (χ2v) is 4.92. The molecule has 1 N–H and O–H groups in total. The Morgan fingerprint density at radius 1 is 1.08 bits per heavy atom. The average Bonchev–Trinajstić information content (AvgIpc) is 2.62. The number of amides is 1. The third kappa shape index (κ3) is 5.08. The molecule has 0 heterocycles. The quantitative estimate of drug-likeness (QED) is 0.627. The number of methoxy groups -OCH3 is 1. The van der Waals surface area contributed by atoms with Gasteiger partial charge in [0.25, 0.3) is 5.91 Å². The van der Waals surface area contributed by atoms with E-state index in [4.69, 9.17) is 9.47 Å². The Hall–Kier alpha value is -2.89. The zero-order chi connectivity index (χ0) is 17.4. The van der Waals surface area contributed by atoms with E-state index in [0.717, 1.165) is 5.56 Å². The number of hydrogen-bond acceptors (Lipinski definition) is 4. The van der Waals surface area contributed by atoms with Crippen molar-refractivity contribution in [2.45, 2.75) is 13.3 Å². The van der Waals surface area contributed by atoms with Crippen molar-refractivity contribution in [2.75, 3.05) is 13.7 Å². The van der Waals surface area contributed by atoms with Crippen molar-refractivity contribution < 1.29 is 18.7 Å². The highest BCUT2D eigenvalue weighted by Crippen LogP contribution is 2.16. The molecular formula is C18H19FN2O3. The van der Waals surface area contributed by atoms with Crippen molar-refractivity contribution in [3.8, 4) is 11.5 Å². The number of hydrogen-bond donors (Lipinski definition) is 1. The summed E-state index contributed by atoms with van der Waals surface area (Å²) in [5.41, 5.74) is 3.86. The van der Waals surface area contributed by atoms with Crippen molar-refractivity contribution in [1.29, 1.82) is 0 Å². The smallest absolute Gasteiger partial charge is 0.277 e. The molecule has 0 aliphatic rings. The third-order valence-corrected chi connectivity index (χ3v) is 3.26. The van der Waals surface area contributed by atoms with Crippen LogP contribution in [0.2, 0.25) is 0 Å². The summed E-state index contributed by atoms with van der Waals surface area (Å²) in [6, 6.07) is 12.9. The van der Waals surface area contributed by atoms with Gasteiger partial charge in [0.05, 0.1) is 12.8 Å². The molecule has 0 saturated heterocycles. The first-order valence-corrected chi connectivity index (χ1v) is 7.50. The molecule has 126 valence electrons. The molecule has 0 bridgehead atoms. The van der Waals surface area contributed by atoms with Crippen LogP contribution in [0.3, 0.4) is 0 Å². The fourth-order valence-electron chi connectivity index (χ4n) is 1.97. The van der Waals surface area contributed by atoms with Crippen LogP contribution < -0.4 is 14.9 Å². The summed E-state index contributed by atoms with van der Waals surface area (Å²) in [7, 11) is 1.58. The molecule has 2 aromatic rings. The zero-order valence-corrected chi connectivity index (χ0v) is 13.6. The van der Waals surface area contributed by atoms with Gasteiger partial charge in [0, 0.05) is 0 Å². The molecule has 0 atom stereocenters. The molecule has 24 heavy (non-hydrogen) atoms. The van der Waals surface area contributed by atoms with Crippen LogP contribution in [0.1, 0.15) is 18.9 Å². The van der Waals surface area contributed by atoms with Gasteiger partial charge in [-0.1, -0.05) is 19.1 Å². The summed E-state index contributed by atoms with van der Waals surface area (Å²) in [4.78, 5) is 11.8. The van der Waals surface area contributed by atoms with E-state index in [1.165, 1.54) is 12.1 Å². The van der Waals surface area contributed by atoms with Gasteiger partial charge in [-0.15, -0.1) is 0 Å². The first-order chi connectivity index (χ1) is 11.6. The maximum atomic E-state index is 12.9. The van der Waals surface area contributed by atoms with Crippen molar-refractivity contribution >= 4 is 11.6 Å². The van der Waals surface area contributed by atoms with E-state index in [0.29, 0.717) is 23.6 Å². The van der Waals surface area contributed by atoms with Crippen molar-refractivity contribution in [2.24, 2.45) is 5.10 Å². The maximum absolute atomic E-state index is 12.9. The van der Waals surface area contributed by atoms with Gasteiger partial charge < -0.3 is 9.47 Å². The molecule has 0 unspecified atom stereocenters. The monoisotopic (exact) mass is 330 g/mol. The number of nitrogens with one attached hydrogen (secondary N) is 1. The third-order valence-electron chi connectivity index (χ3n) is 3.26. The number of rotatable bonds is 7. The Kier molecular flexibility index (Phi) is 6.31. The minimum absolute atomic E-state index is 0.157. The van der Waals surface area contributed by atoms with E-state index >= 15 is 0 Å². The lowest BCUT2D eigenvalue weighted by Crippen LogP contribution is -2.26. The molecule has 0 aromatic heterocycles. The Bertz CT molecular complexity index is 697. The number of ether oxygens (including phenoxy) is 2. The highest BCUT2D eigenvalue weighted by molar-refractivity contribution is 6.00. The second-order valence-electron chi connectivity index (χ2n) is 4.92. The molecule has 6 heteroatoms. The Balaban J connectivity index is 1.89. The molecule has 0 aliphatic heterocycles. The van der Waals surface area contributed by atoms with E-state index in [1.54, 1.807) is 43.5 Å². The Morgan fingerprint density at radius 2 is 1.71 bits per heavy atom. The lowest BCUT2D eigenvalue weighted by Gasteiger charge is -2.07. The van der Waals surface area contributed by atoms with Gasteiger partial charge in [-0.3, -0.25) is 4.79 Å². The molecule has 0 saturated carbocycles. The normalized spacial score (nSPS) is 11.0. The van der Waals surface area contributed by atoms with Crippen LogP contribution in [0.25, 0.3) is 0 Å². The van der Waals surface area contributed by atoms with E-state index < -0.39 is 0 Å². The Morgan fingerprint density at radius 3 is 2.29 bits per heavy atom. The van der Waals surface area contributed by atoms with Crippen molar-refractivity contribution in [1.82, 2.24) is 5.43 Å². The topological polar surface area (TPSA) is 59.9 Å². The van der Waals surface area contributed by atoms with Crippen LogP contribution in [0.15, 0.2) is 53.6 Å². The number of nitrogens with zero attached hydrogens (tertiary/aromatic N) is 1. The minimum atomic E-state index is -0.376. The summed E-state index contributed by atoms with van der Waals surface area (Å²) in [6.45, 7) is 1.75. The van der Waals surface area contributed by atoms with Crippen LogP contribution in [0.4, 0.5) is 4.39 Å². The first-order valence-electron chi connectivity index (χ1n) is 7.50. The van der Waals surface area contributed by atoms with Crippen LogP contribution in [-0.2, 0) is 4.79 Å². The standard InChI is InChI=1S/C18H19FN2O3/c1-3-17(13-4-6-14(19)7-5-13)20-21-18(22)12-24-16-10-8-15(23-2)9-11-16/h4-11H,3,12H2,1-2H3,(H,21,22)/b20-17-. The fraction of sp³-hybridized carbons (Fsp3) is 0.222. The van der Waals surface area contributed by atoms with Gasteiger partial charge in [0.2, 0.25) is 0 Å². The van der Waals surface area contributed by atoms with Crippen LogP contribution >= 0.6 is 0 Å². The fourth-order valence-corrected chi connectivity index (χ4v) is 1.97. The van der Waals surface area contributed by atoms with E-state index in [2.05, 4.69) is 10.5 Å². The van der Waals surface area contributed by atoms with Crippen LogP contribution in [0, 0.1) is 5.82 Å². The second kappa shape index (κ2) is 8.67. The molecule has 2 rings (SSSR count). The summed E-state index contributed by atoms with van der Waals surface area (Å²) < 4.78 is 23.4. The number of benzene rings is 2. The zero-order valence-electron chi connectivity index (χ0n) is 13.6. The highest BCUT2D eigenvalue weighted by atomic mass is 19.1. The molecule has 1 amide bonds. The van der Waals surface area contributed by atoms with Crippen molar-refractivity contribution in [3.05, 3.63) is 59.9 Å². The van der Waals surface area contributed by atoms with Gasteiger partial charge in [-0.2, -0.15) is 5.10 Å². The largest absolute Gasteiger partial charge is 0.497 e. The predicted octanol–water partition coefficient (Wildman–Crippen LogP) is 3.14. The van der Waals surface area contributed by atoms with Crippen LogP contribution in [0.5, 0.6) is 11.5 Å². The SMILES string of the molecule is CC/C(=N/NC(=O)COc1ccc(OC)cc1)c1ccc(F)cc1. The molecule has 5 nitrogen and oxygen atoms in total. The molecule has 2 aromatic carbocycles. The van der Waals surface area contributed by atoms with E-state index in [-0.39, 0.29) is 18.3 Å². The average molecular weight is 330 g/mol. The number of hydrazone groups is 1. The lowest BCUT2D eigenvalue weighted by molar-refractivity contribution is -0.123. The lowest BCUT2D eigenvalue weighted by atomic mass is 10.1. The van der Waals surface area contributed by atoms with E-state index in [1.807, 2.05) is 6.92 Å². The Labute approximate surface area is 140 Å². The van der Waals surface area contributed by atoms with Gasteiger partial charge in [-0.25, -0.2) is 9.82 Å². The number of carbonyl (C=O) groups excluding carboxylic acids is 1. The van der Waals surface area contributed by atoms with Crippen LogP contribution in [-0.4, -0.2) is 25.3 Å². The maximum Gasteiger partial charge on any atom is 0.277 e. The van der Waals surface area contributed by atoms with Gasteiger partial charge in [0.15, 0.2) is 6.61 Å². The highest BCUT2D eigenvalue weighted by Gasteiger charge is 2.05. The summed E-state index contributed by atoms with van der Waals surface area (Å²) in [6.07, 6.45) is 0.602. The van der Waals surface area contributed by atoms with Crippen molar-refractivity contribution in [3.63, 3.8) is 0 Å². The number of carbonyl (C=O) groups is 1.